The van der Waals surface area contributed by atoms with E-state index in [4.69, 9.17) is 9.47 Å². The van der Waals surface area contributed by atoms with Gasteiger partial charge in [-0.05, 0) is 53.3 Å². The van der Waals surface area contributed by atoms with E-state index in [0.29, 0.717) is 12.4 Å². The van der Waals surface area contributed by atoms with Crippen LogP contribution in [-0.4, -0.2) is 12.6 Å². The van der Waals surface area contributed by atoms with Crippen molar-refractivity contribution in [2.45, 2.75) is 39.5 Å². The van der Waals surface area contributed by atoms with Gasteiger partial charge in [0.05, 0.1) is 6.61 Å². The van der Waals surface area contributed by atoms with E-state index in [2.05, 4.69) is 20.8 Å². The van der Waals surface area contributed by atoms with E-state index in [-0.39, 0.29) is 11.0 Å². The Balaban J connectivity index is 2.09. The molecule has 0 fully saturated rings. The first kappa shape index (κ1) is 20.3. The zero-order chi connectivity index (χ0) is 19.9. The molecule has 0 bridgehead atoms. The van der Waals surface area contributed by atoms with Crippen molar-refractivity contribution in [2.75, 3.05) is 6.61 Å². The number of nitriles is 1. The van der Waals surface area contributed by atoms with Gasteiger partial charge in [0, 0.05) is 0 Å². The molecule has 0 aliphatic rings. The molecule has 0 aliphatic heterocycles. The molecule has 4 nitrogen and oxygen atoms in total. The maximum Gasteiger partial charge on any atom is 0.354 e. The maximum absolute atomic E-state index is 12.3. The van der Waals surface area contributed by atoms with Crippen molar-refractivity contribution in [1.29, 1.82) is 5.26 Å². The number of esters is 1. The van der Waals surface area contributed by atoms with Gasteiger partial charge in [-0.15, -0.1) is 0 Å². The number of benzene rings is 2. The van der Waals surface area contributed by atoms with Gasteiger partial charge in [0.15, 0.2) is 0 Å². The van der Waals surface area contributed by atoms with Gasteiger partial charge in [-0.1, -0.05) is 52.0 Å². The minimum Gasteiger partial charge on any atom is -0.494 e. The lowest BCUT2D eigenvalue weighted by atomic mass is 9.87. The van der Waals surface area contributed by atoms with Crippen LogP contribution < -0.4 is 9.47 Å². The van der Waals surface area contributed by atoms with E-state index < -0.39 is 5.97 Å². The van der Waals surface area contributed by atoms with Gasteiger partial charge in [-0.3, -0.25) is 0 Å². The second-order valence-electron chi connectivity index (χ2n) is 7.25. The Labute approximate surface area is 161 Å². The Kier molecular flexibility index (Phi) is 6.79. The molecule has 2 rings (SSSR count). The van der Waals surface area contributed by atoms with E-state index >= 15 is 0 Å². The summed E-state index contributed by atoms with van der Waals surface area (Å²) in [7, 11) is 0. The highest BCUT2D eigenvalue weighted by atomic mass is 16.5. The molecule has 0 atom stereocenters. The van der Waals surface area contributed by atoms with Gasteiger partial charge < -0.3 is 9.47 Å². The standard InChI is InChI=1S/C23H25NO3/c1-5-14-26-20-10-6-17(7-11-20)15-18(16-24)22(25)27-21-12-8-19(9-13-21)23(2,3)4/h6-13,15H,5,14H2,1-4H3. The second kappa shape index (κ2) is 9.05. The molecule has 0 N–H and O–H groups in total. The first-order valence-corrected chi connectivity index (χ1v) is 9.01. The number of nitrogens with zero attached hydrogens (tertiary/aromatic N) is 1. The Bertz CT molecular complexity index is 835. The van der Waals surface area contributed by atoms with Crippen LogP contribution in [0, 0.1) is 11.3 Å². The quantitative estimate of drug-likeness (QED) is 0.303. The molecule has 2 aromatic rings. The third-order valence-electron chi connectivity index (χ3n) is 3.94. The molecule has 0 spiro atoms. The molecule has 0 aromatic heterocycles. The molecule has 4 heteroatoms. The smallest absolute Gasteiger partial charge is 0.354 e. The van der Waals surface area contributed by atoms with Crippen LogP contribution in [0.15, 0.2) is 54.1 Å². The normalized spacial score (nSPS) is 11.6. The van der Waals surface area contributed by atoms with Gasteiger partial charge in [0.25, 0.3) is 0 Å². The Hall–Kier alpha value is -3.06. The predicted octanol–water partition coefficient (Wildman–Crippen LogP) is 5.29. The van der Waals surface area contributed by atoms with Crippen LogP contribution in [0.1, 0.15) is 45.2 Å². The molecule has 0 amide bonds. The van der Waals surface area contributed by atoms with Crippen LogP contribution in [0.2, 0.25) is 0 Å². The summed E-state index contributed by atoms with van der Waals surface area (Å²) < 4.78 is 10.9. The molecule has 0 saturated carbocycles. The molecule has 2 aromatic carbocycles. The van der Waals surface area contributed by atoms with Crippen LogP contribution >= 0.6 is 0 Å². The lowest BCUT2D eigenvalue weighted by Crippen LogP contribution is -2.12. The van der Waals surface area contributed by atoms with Crippen LogP contribution in [0.25, 0.3) is 6.08 Å². The molecule has 0 heterocycles. The van der Waals surface area contributed by atoms with Gasteiger partial charge in [0.2, 0.25) is 0 Å². The van der Waals surface area contributed by atoms with Crippen molar-refractivity contribution in [2.24, 2.45) is 0 Å². The topological polar surface area (TPSA) is 59.3 Å². The van der Waals surface area contributed by atoms with E-state index in [0.717, 1.165) is 23.3 Å². The van der Waals surface area contributed by atoms with Crippen molar-refractivity contribution < 1.29 is 14.3 Å². The summed E-state index contributed by atoms with van der Waals surface area (Å²) in [6, 6.07) is 16.5. The van der Waals surface area contributed by atoms with Gasteiger partial charge in [0.1, 0.15) is 23.1 Å². The first-order valence-electron chi connectivity index (χ1n) is 9.01. The predicted molar refractivity (Wildman–Crippen MR) is 107 cm³/mol. The molecule has 0 unspecified atom stereocenters. The third-order valence-corrected chi connectivity index (χ3v) is 3.94. The Morgan fingerprint density at radius 3 is 2.15 bits per heavy atom. The summed E-state index contributed by atoms with van der Waals surface area (Å²) in [4.78, 5) is 12.3. The van der Waals surface area contributed by atoms with Crippen molar-refractivity contribution in [3.63, 3.8) is 0 Å². The van der Waals surface area contributed by atoms with Crippen LogP contribution in [0.4, 0.5) is 0 Å². The number of rotatable bonds is 6. The highest BCUT2D eigenvalue weighted by Crippen LogP contribution is 2.24. The van der Waals surface area contributed by atoms with Gasteiger partial charge in [-0.2, -0.15) is 5.26 Å². The zero-order valence-corrected chi connectivity index (χ0v) is 16.3. The SMILES string of the molecule is CCCOc1ccc(C=C(C#N)C(=O)Oc2ccc(C(C)(C)C)cc2)cc1. The number of hydrogen-bond donors (Lipinski definition) is 0. The second-order valence-corrected chi connectivity index (χ2v) is 7.25. The molecule has 0 saturated heterocycles. The van der Waals surface area contributed by atoms with Crippen LogP contribution in [0.3, 0.4) is 0 Å². The summed E-state index contributed by atoms with van der Waals surface area (Å²) in [6.45, 7) is 9.03. The summed E-state index contributed by atoms with van der Waals surface area (Å²) in [6.07, 6.45) is 2.44. The van der Waals surface area contributed by atoms with Crippen molar-refractivity contribution in [3.05, 3.63) is 65.2 Å². The fourth-order valence-corrected chi connectivity index (χ4v) is 2.37. The molecule has 0 aliphatic carbocycles. The number of carbonyl (C=O) groups excluding carboxylic acids is 1. The fourth-order valence-electron chi connectivity index (χ4n) is 2.37. The molecular weight excluding hydrogens is 338 g/mol. The van der Waals surface area contributed by atoms with Crippen molar-refractivity contribution in [3.8, 4) is 17.6 Å². The summed E-state index contributed by atoms with van der Waals surface area (Å²) in [5, 5.41) is 9.31. The van der Waals surface area contributed by atoms with Crippen molar-refractivity contribution in [1.82, 2.24) is 0 Å². The highest BCUT2D eigenvalue weighted by molar-refractivity contribution is 5.99. The average Bonchev–Trinajstić information content (AvgIpc) is 2.65. The van der Waals surface area contributed by atoms with Gasteiger partial charge >= 0.3 is 5.97 Å². The molecule has 140 valence electrons. The Morgan fingerprint density at radius 2 is 1.63 bits per heavy atom. The minimum atomic E-state index is -0.674. The zero-order valence-electron chi connectivity index (χ0n) is 16.3. The fraction of sp³-hybridized carbons (Fsp3) is 0.304. The summed E-state index contributed by atoms with van der Waals surface area (Å²) >= 11 is 0. The lowest BCUT2D eigenvalue weighted by molar-refractivity contribution is -0.129. The van der Waals surface area contributed by atoms with Gasteiger partial charge in [-0.25, -0.2) is 4.79 Å². The average molecular weight is 363 g/mol. The number of hydrogen-bond acceptors (Lipinski definition) is 4. The summed E-state index contributed by atoms with van der Waals surface area (Å²) in [5.41, 5.74) is 1.84. The third kappa shape index (κ3) is 6.00. The van der Waals surface area contributed by atoms with E-state index in [1.54, 1.807) is 24.3 Å². The molecular formula is C23H25NO3. The van der Waals surface area contributed by atoms with E-state index in [9.17, 15) is 10.1 Å². The van der Waals surface area contributed by atoms with E-state index in [1.165, 1.54) is 6.08 Å². The largest absolute Gasteiger partial charge is 0.494 e. The summed E-state index contributed by atoms with van der Waals surface area (Å²) in [5.74, 6) is 0.499. The number of ether oxygens (including phenoxy) is 2. The van der Waals surface area contributed by atoms with Crippen molar-refractivity contribution >= 4 is 12.0 Å². The maximum atomic E-state index is 12.3. The highest BCUT2D eigenvalue weighted by Gasteiger charge is 2.15. The molecule has 0 radical (unpaired) electrons. The lowest BCUT2D eigenvalue weighted by Gasteiger charge is -2.18. The number of carbonyl (C=O) groups is 1. The minimum absolute atomic E-state index is 0.0211. The molecule has 27 heavy (non-hydrogen) atoms. The monoisotopic (exact) mass is 363 g/mol. The van der Waals surface area contributed by atoms with E-state index in [1.807, 2.05) is 37.3 Å². The van der Waals surface area contributed by atoms with Crippen LogP contribution in [0.5, 0.6) is 11.5 Å². The Morgan fingerprint density at radius 1 is 1.04 bits per heavy atom. The van der Waals surface area contributed by atoms with Crippen LogP contribution in [-0.2, 0) is 10.2 Å². The first-order chi connectivity index (χ1) is 12.8.